The van der Waals surface area contributed by atoms with E-state index >= 15 is 0 Å². The summed E-state index contributed by atoms with van der Waals surface area (Å²) in [5, 5.41) is 10.2. The minimum atomic E-state index is -4.77. The Kier molecular flexibility index (Phi) is 6.08. The van der Waals surface area contributed by atoms with Crippen LogP contribution in [0.2, 0.25) is 0 Å². The van der Waals surface area contributed by atoms with Gasteiger partial charge in [-0.15, -0.1) is 0 Å². The Morgan fingerprint density at radius 2 is 1.89 bits per heavy atom. The Labute approximate surface area is 197 Å². The van der Waals surface area contributed by atoms with Crippen LogP contribution in [0.5, 0.6) is 0 Å². The lowest BCUT2D eigenvalue weighted by Gasteiger charge is -2.18. The summed E-state index contributed by atoms with van der Waals surface area (Å²) in [5.74, 6) is -0.161. The predicted octanol–water partition coefficient (Wildman–Crippen LogP) is 4.64. The van der Waals surface area contributed by atoms with Gasteiger partial charge in [0.25, 0.3) is 0 Å². The van der Waals surface area contributed by atoms with Crippen LogP contribution in [0, 0.1) is 24.1 Å². The molecule has 0 amide bonds. The summed E-state index contributed by atoms with van der Waals surface area (Å²) in [4.78, 5) is 8.03. The number of aromatic nitrogens is 3. The number of nitrogens with zero attached hydrogens (tertiary/aromatic N) is 4. The third kappa shape index (κ3) is 4.48. The number of hydrogen-bond donors (Lipinski definition) is 1. The molecule has 0 bridgehead atoms. The molecule has 35 heavy (non-hydrogen) atoms. The lowest BCUT2D eigenvalue weighted by molar-refractivity contribution is -0.147. The average Bonchev–Trinajstić information content (AvgIpc) is 3.11. The molecule has 0 unspecified atom stereocenters. The van der Waals surface area contributed by atoms with Crippen molar-refractivity contribution in [3.63, 3.8) is 0 Å². The summed E-state index contributed by atoms with van der Waals surface area (Å²) in [5.41, 5.74) is 1.04. The zero-order chi connectivity index (χ0) is 25.5. The van der Waals surface area contributed by atoms with E-state index in [-0.39, 0.29) is 22.5 Å². The fourth-order valence-electron chi connectivity index (χ4n) is 3.66. The smallest absolute Gasteiger partial charge is 0.291 e. The molecule has 0 aliphatic carbocycles. The number of rotatable bonds is 5. The maximum Gasteiger partial charge on any atom is 0.404 e. The van der Waals surface area contributed by atoms with Crippen LogP contribution in [0.25, 0.3) is 28.1 Å². The van der Waals surface area contributed by atoms with Gasteiger partial charge in [0, 0.05) is 17.8 Å². The van der Waals surface area contributed by atoms with Gasteiger partial charge in [-0.1, -0.05) is 6.07 Å². The molecule has 12 heteroatoms. The van der Waals surface area contributed by atoms with E-state index < -0.39 is 33.0 Å². The Morgan fingerprint density at radius 1 is 1.14 bits per heavy atom. The summed E-state index contributed by atoms with van der Waals surface area (Å²) >= 11 is 0. The standard InChI is InChI=1S/C23H17F4N5O2S/c1-13-9-18(30-12-20(13)35(33,34)31-14(2)23(25,26)27)22-17(11-28)16-10-15(24)6-7-19(16)32(22)21-5-3-4-8-29-21/h3-10,12,14,31H,1-2H3/t14-/m0/s1. The van der Waals surface area contributed by atoms with Gasteiger partial charge in [-0.05, 0) is 55.8 Å². The molecular weight excluding hydrogens is 486 g/mol. The highest BCUT2D eigenvalue weighted by molar-refractivity contribution is 7.89. The van der Waals surface area contributed by atoms with Crippen LogP contribution >= 0.6 is 0 Å². The highest BCUT2D eigenvalue weighted by Gasteiger charge is 2.39. The second-order valence-electron chi connectivity index (χ2n) is 7.74. The molecule has 1 N–H and O–H groups in total. The number of hydrogen-bond acceptors (Lipinski definition) is 5. The first-order valence-corrected chi connectivity index (χ1v) is 11.6. The fourth-order valence-corrected chi connectivity index (χ4v) is 5.06. The third-order valence-electron chi connectivity index (χ3n) is 5.34. The molecule has 3 aromatic heterocycles. The van der Waals surface area contributed by atoms with E-state index in [2.05, 4.69) is 16.0 Å². The highest BCUT2D eigenvalue weighted by atomic mass is 32.2. The molecule has 0 saturated carbocycles. The van der Waals surface area contributed by atoms with Crippen molar-refractivity contribution in [2.24, 2.45) is 0 Å². The minimum absolute atomic E-state index is 0.0801. The number of benzene rings is 1. The molecule has 0 saturated heterocycles. The Morgan fingerprint density at radius 3 is 2.49 bits per heavy atom. The van der Waals surface area contributed by atoms with Crippen LogP contribution in [-0.2, 0) is 10.0 Å². The van der Waals surface area contributed by atoms with Gasteiger partial charge in [-0.2, -0.15) is 23.2 Å². The maximum atomic E-state index is 14.0. The molecule has 3 heterocycles. The molecule has 4 aromatic rings. The monoisotopic (exact) mass is 503 g/mol. The SMILES string of the molecule is Cc1cc(-c2c(C#N)c3cc(F)ccc3n2-c2ccccn2)ncc1S(=O)(=O)N[C@@H](C)C(F)(F)F. The van der Waals surface area contributed by atoms with Crippen molar-refractivity contribution in [3.8, 4) is 23.3 Å². The molecule has 0 aliphatic heterocycles. The van der Waals surface area contributed by atoms with Crippen LogP contribution in [0.1, 0.15) is 18.1 Å². The summed E-state index contributed by atoms with van der Waals surface area (Å²) in [7, 11) is -4.55. The van der Waals surface area contributed by atoms with Gasteiger partial charge in [0.1, 0.15) is 28.6 Å². The Balaban J connectivity index is 1.92. The van der Waals surface area contributed by atoms with E-state index in [1.54, 1.807) is 27.5 Å². The van der Waals surface area contributed by atoms with Gasteiger partial charge in [0.2, 0.25) is 10.0 Å². The average molecular weight is 503 g/mol. The molecule has 7 nitrogen and oxygen atoms in total. The van der Waals surface area contributed by atoms with Crippen molar-refractivity contribution >= 4 is 20.9 Å². The molecule has 0 spiro atoms. The lowest BCUT2D eigenvalue weighted by Crippen LogP contribution is -2.43. The number of nitriles is 1. The third-order valence-corrected chi connectivity index (χ3v) is 7.01. The molecule has 180 valence electrons. The Hall–Kier alpha value is -3.82. The Bertz CT molecular complexity index is 1580. The van der Waals surface area contributed by atoms with Crippen molar-refractivity contribution in [3.05, 3.63) is 71.8 Å². The first kappa shape index (κ1) is 24.3. The second kappa shape index (κ2) is 8.75. The van der Waals surface area contributed by atoms with Gasteiger partial charge < -0.3 is 0 Å². The van der Waals surface area contributed by atoms with Crippen LogP contribution in [0.3, 0.4) is 0 Å². The summed E-state index contributed by atoms with van der Waals surface area (Å²) in [6.45, 7) is 2.09. The number of sulfonamides is 1. The van der Waals surface area contributed by atoms with Gasteiger partial charge in [0.15, 0.2) is 0 Å². The number of halogens is 4. The van der Waals surface area contributed by atoms with Crippen molar-refractivity contribution in [2.45, 2.75) is 31.0 Å². The van der Waals surface area contributed by atoms with Gasteiger partial charge in [-0.3, -0.25) is 9.55 Å². The van der Waals surface area contributed by atoms with Crippen LogP contribution < -0.4 is 4.72 Å². The van der Waals surface area contributed by atoms with Crippen LogP contribution in [-0.4, -0.2) is 35.2 Å². The minimum Gasteiger partial charge on any atom is -0.291 e. The molecular formula is C23H17F4N5O2S. The number of fused-ring (bicyclic) bond motifs is 1. The topological polar surface area (TPSA) is 101 Å². The zero-order valence-electron chi connectivity index (χ0n) is 18.3. The van der Waals surface area contributed by atoms with Crippen LogP contribution in [0.15, 0.2) is 59.8 Å². The fraction of sp³-hybridized carbons (Fsp3) is 0.174. The molecule has 0 aliphatic rings. The van der Waals surface area contributed by atoms with Crippen molar-refractivity contribution in [2.75, 3.05) is 0 Å². The number of nitrogens with one attached hydrogen (secondary N) is 1. The lowest BCUT2D eigenvalue weighted by atomic mass is 10.1. The number of alkyl halides is 3. The zero-order valence-corrected chi connectivity index (χ0v) is 19.1. The van der Waals surface area contributed by atoms with E-state index in [9.17, 15) is 31.2 Å². The van der Waals surface area contributed by atoms with E-state index in [0.29, 0.717) is 23.6 Å². The summed E-state index contributed by atoms with van der Waals surface area (Å²) in [6, 6.07) is 10.1. The molecule has 1 aromatic carbocycles. The van der Waals surface area contributed by atoms with Crippen molar-refractivity contribution in [1.29, 1.82) is 5.26 Å². The van der Waals surface area contributed by atoms with E-state index in [1.807, 2.05) is 0 Å². The molecule has 0 fully saturated rings. The van der Waals surface area contributed by atoms with Crippen molar-refractivity contribution < 1.29 is 26.0 Å². The number of pyridine rings is 2. The molecule has 0 radical (unpaired) electrons. The normalized spacial score (nSPS) is 13.1. The van der Waals surface area contributed by atoms with Crippen LogP contribution in [0.4, 0.5) is 17.6 Å². The first-order chi connectivity index (χ1) is 16.4. The second-order valence-corrected chi connectivity index (χ2v) is 9.42. The maximum absolute atomic E-state index is 14.0. The molecule has 1 atom stereocenters. The van der Waals surface area contributed by atoms with Gasteiger partial charge in [-0.25, -0.2) is 17.8 Å². The van der Waals surface area contributed by atoms with Gasteiger partial charge in [0.05, 0.1) is 22.5 Å². The largest absolute Gasteiger partial charge is 0.404 e. The van der Waals surface area contributed by atoms with E-state index in [4.69, 9.17) is 0 Å². The molecule has 4 rings (SSSR count). The quantitative estimate of drug-likeness (QED) is 0.400. The van der Waals surface area contributed by atoms with Crippen molar-refractivity contribution in [1.82, 2.24) is 19.3 Å². The van der Waals surface area contributed by atoms with Gasteiger partial charge >= 0.3 is 6.18 Å². The highest BCUT2D eigenvalue weighted by Crippen LogP contribution is 2.36. The first-order valence-electron chi connectivity index (χ1n) is 10.2. The van der Waals surface area contributed by atoms with E-state index in [0.717, 1.165) is 6.20 Å². The predicted molar refractivity (Wildman–Crippen MR) is 120 cm³/mol. The van der Waals surface area contributed by atoms with E-state index in [1.165, 1.54) is 37.4 Å². The number of aryl methyl sites for hydroxylation is 1. The summed E-state index contributed by atoms with van der Waals surface area (Å²) in [6.07, 6.45) is -2.31. The summed E-state index contributed by atoms with van der Waals surface area (Å²) < 4.78 is 81.1.